The maximum absolute atomic E-state index is 12.4. The van der Waals surface area contributed by atoms with Crippen molar-refractivity contribution in [2.75, 3.05) is 7.05 Å². The molecule has 0 fully saturated rings. The van der Waals surface area contributed by atoms with E-state index in [1.807, 2.05) is 30.7 Å². The van der Waals surface area contributed by atoms with Crippen molar-refractivity contribution in [1.29, 1.82) is 5.26 Å². The van der Waals surface area contributed by atoms with Crippen molar-refractivity contribution in [3.63, 3.8) is 0 Å². The van der Waals surface area contributed by atoms with Crippen LogP contribution in [-0.4, -0.2) is 17.5 Å². The average Bonchev–Trinajstić information content (AvgIpc) is 2.90. The van der Waals surface area contributed by atoms with E-state index in [-0.39, 0.29) is 5.91 Å². The van der Waals surface area contributed by atoms with E-state index >= 15 is 0 Å². The molecule has 1 aromatic heterocycles. The maximum atomic E-state index is 12.4. The van der Waals surface area contributed by atoms with E-state index < -0.39 is 0 Å². The molecule has 3 rings (SSSR count). The standard InChI is InChI=1S/C23H25N3O/c1-13(2)18-8-7-17(9-14(18)3)20-11-16(12-24)10-19-15(4)21(23(27)25-5)26(6)22(19)20/h7-11,13H,1-6H3,(H,25,27). The van der Waals surface area contributed by atoms with Crippen LogP contribution in [0.1, 0.15) is 52.5 Å². The van der Waals surface area contributed by atoms with Gasteiger partial charge in [-0.3, -0.25) is 4.79 Å². The van der Waals surface area contributed by atoms with Crippen LogP contribution in [0.15, 0.2) is 30.3 Å². The summed E-state index contributed by atoms with van der Waals surface area (Å²) in [6.45, 7) is 8.43. The molecule has 0 spiro atoms. The van der Waals surface area contributed by atoms with Crippen LogP contribution in [0.4, 0.5) is 0 Å². The topological polar surface area (TPSA) is 57.8 Å². The molecule has 2 aromatic carbocycles. The van der Waals surface area contributed by atoms with Gasteiger partial charge in [0.05, 0.1) is 17.1 Å². The highest BCUT2D eigenvalue weighted by Crippen LogP contribution is 2.36. The van der Waals surface area contributed by atoms with E-state index in [2.05, 4.69) is 50.4 Å². The molecule has 0 atom stereocenters. The van der Waals surface area contributed by atoms with Crippen molar-refractivity contribution < 1.29 is 4.79 Å². The van der Waals surface area contributed by atoms with Crippen LogP contribution in [0.3, 0.4) is 0 Å². The minimum Gasteiger partial charge on any atom is -0.354 e. The third kappa shape index (κ3) is 3.00. The van der Waals surface area contributed by atoms with Gasteiger partial charge in [0.1, 0.15) is 5.69 Å². The Kier molecular flexibility index (Phi) is 4.80. The molecule has 27 heavy (non-hydrogen) atoms. The Morgan fingerprint density at radius 1 is 1.19 bits per heavy atom. The summed E-state index contributed by atoms with van der Waals surface area (Å²) in [5.41, 5.74) is 7.67. The smallest absolute Gasteiger partial charge is 0.267 e. The van der Waals surface area contributed by atoms with E-state index in [0.717, 1.165) is 27.6 Å². The fourth-order valence-electron chi connectivity index (χ4n) is 3.99. The number of carbonyl (C=O) groups is 1. The molecule has 0 aliphatic carbocycles. The van der Waals surface area contributed by atoms with Gasteiger partial charge in [-0.05, 0) is 54.2 Å². The molecule has 0 aliphatic rings. The molecule has 138 valence electrons. The summed E-state index contributed by atoms with van der Waals surface area (Å²) in [4.78, 5) is 12.4. The van der Waals surface area contributed by atoms with Gasteiger partial charge in [0, 0.05) is 25.0 Å². The Bertz CT molecular complexity index is 1100. The second kappa shape index (κ2) is 6.92. The molecular weight excluding hydrogens is 334 g/mol. The van der Waals surface area contributed by atoms with Crippen LogP contribution >= 0.6 is 0 Å². The van der Waals surface area contributed by atoms with Gasteiger partial charge < -0.3 is 9.88 Å². The summed E-state index contributed by atoms with van der Waals surface area (Å²) in [6, 6.07) is 12.5. The second-order valence-corrected chi connectivity index (χ2v) is 7.37. The Morgan fingerprint density at radius 2 is 1.89 bits per heavy atom. The van der Waals surface area contributed by atoms with Crippen LogP contribution in [-0.2, 0) is 7.05 Å². The highest BCUT2D eigenvalue weighted by Gasteiger charge is 2.21. The lowest BCUT2D eigenvalue weighted by molar-refractivity contribution is 0.0955. The van der Waals surface area contributed by atoms with Gasteiger partial charge in [-0.1, -0.05) is 32.0 Å². The van der Waals surface area contributed by atoms with Crippen molar-refractivity contribution in [3.8, 4) is 17.2 Å². The van der Waals surface area contributed by atoms with E-state index in [4.69, 9.17) is 0 Å². The van der Waals surface area contributed by atoms with Gasteiger partial charge in [0.2, 0.25) is 0 Å². The van der Waals surface area contributed by atoms with Gasteiger partial charge in [-0.2, -0.15) is 5.26 Å². The summed E-state index contributed by atoms with van der Waals surface area (Å²) in [5.74, 6) is 0.337. The summed E-state index contributed by atoms with van der Waals surface area (Å²) in [5, 5.41) is 13.2. The SMILES string of the molecule is CNC(=O)c1c(C)c2cc(C#N)cc(-c3ccc(C(C)C)c(C)c3)c2n1C. The zero-order chi connectivity index (χ0) is 19.9. The second-order valence-electron chi connectivity index (χ2n) is 7.37. The predicted molar refractivity (Wildman–Crippen MR) is 110 cm³/mol. The number of fused-ring (bicyclic) bond motifs is 1. The molecule has 3 aromatic rings. The van der Waals surface area contributed by atoms with Crippen LogP contribution in [0.25, 0.3) is 22.0 Å². The summed E-state index contributed by atoms with van der Waals surface area (Å²) < 4.78 is 1.94. The van der Waals surface area contributed by atoms with E-state index in [1.54, 1.807) is 7.05 Å². The minimum absolute atomic E-state index is 0.123. The highest BCUT2D eigenvalue weighted by molar-refractivity contribution is 6.06. The van der Waals surface area contributed by atoms with Crippen molar-refractivity contribution in [1.82, 2.24) is 9.88 Å². The van der Waals surface area contributed by atoms with Crippen LogP contribution in [0.2, 0.25) is 0 Å². The van der Waals surface area contributed by atoms with Crippen LogP contribution < -0.4 is 5.32 Å². The first-order valence-electron chi connectivity index (χ1n) is 9.16. The normalized spacial score (nSPS) is 11.0. The zero-order valence-electron chi connectivity index (χ0n) is 16.8. The number of benzene rings is 2. The number of amides is 1. The number of hydrogen-bond acceptors (Lipinski definition) is 2. The molecule has 4 heteroatoms. The number of aromatic nitrogens is 1. The number of rotatable bonds is 3. The number of nitriles is 1. The third-order valence-corrected chi connectivity index (χ3v) is 5.31. The van der Waals surface area contributed by atoms with Crippen molar-refractivity contribution in [3.05, 3.63) is 58.3 Å². The summed E-state index contributed by atoms with van der Waals surface area (Å²) >= 11 is 0. The molecule has 0 bridgehead atoms. The van der Waals surface area contributed by atoms with Gasteiger partial charge in [-0.25, -0.2) is 0 Å². The first kappa shape index (κ1) is 18.7. The van der Waals surface area contributed by atoms with Gasteiger partial charge >= 0.3 is 0 Å². The lowest BCUT2D eigenvalue weighted by Gasteiger charge is -2.14. The van der Waals surface area contributed by atoms with E-state index in [1.165, 1.54) is 11.1 Å². The minimum atomic E-state index is -0.123. The van der Waals surface area contributed by atoms with Crippen LogP contribution in [0, 0.1) is 25.2 Å². The molecule has 0 saturated carbocycles. The molecule has 0 unspecified atom stereocenters. The quantitative estimate of drug-likeness (QED) is 0.729. The molecule has 0 saturated heterocycles. The van der Waals surface area contributed by atoms with Crippen LogP contribution in [0.5, 0.6) is 0 Å². The Morgan fingerprint density at radius 3 is 2.44 bits per heavy atom. The highest BCUT2D eigenvalue weighted by atomic mass is 16.1. The van der Waals surface area contributed by atoms with Crippen molar-refractivity contribution >= 4 is 16.8 Å². The summed E-state index contributed by atoms with van der Waals surface area (Å²) in [6.07, 6.45) is 0. The maximum Gasteiger partial charge on any atom is 0.267 e. The Balaban J connectivity index is 2.38. The average molecular weight is 359 g/mol. The predicted octanol–water partition coefficient (Wildman–Crippen LogP) is 4.82. The molecular formula is C23H25N3O. The Hall–Kier alpha value is -3.06. The molecule has 4 nitrogen and oxygen atoms in total. The van der Waals surface area contributed by atoms with Crippen molar-refractivity contribution in [2.24, 2.45) is 7.05 Å². The first-order chi connectivity index (χ1) is 12.8. The molecule has 1 amide bonds. The molecule has 1 N–H and O–H groups in total. The number of carbonyl (C=O) groups excluding carboxylic acids is 1. The lowest BCUT2D eigenvalue weighted by atomic mass is 9.92. The number of nitrogens with zero attached hydrogens (tertiary/aromatic N) is 2. The van der Waals surface area contributed by atoms with Gasteiger partial charge in [0.15, 0.2) is 0 Å². The fraction of sp³-hybridized carbons (Fsp3) is 0.304. The van der Waals surface area contributed by atoms with Crippen molar-refractivity contribution in [2.45, 2.75) is 33.6 Å². The molecule has 1 heterocycles. The Labute approximate surface area is 160 Å². The van der Waals surface area contributed by atoms with E-state index in [0.29, 0.717) is 17.2 Å². The first-order valence-corrected chi connectivity index (χ1v) is 9.16. The van der Waals surface area contributed by atoms with Gasteiger partial charge in [-0.15, -0.1) is 0 Å². The molecule has 0 aliphatic heterocycles. The largest absolute Gasteiger partial charge is 0.354 e. The van der Waals surface area contributed by atoms with E-state index in [9.17, 15) is 10.1 Å². The zero-order valence-corrected chi connectivity index (χ0v) is 16.8. The van der Waals surface area contributed by atoms with Gasteiger partial charge in [0.25, 0.3) is 5.91 Å². The number of aryl methyl sites for hydroxylation is 3. The number of hydrogen-bond donors (Lipinski definition) is 1. The molecule has 0 radical (unpaired) electrons. The number of nitrogens with one attached hydrogen (secondary N) is 1. The third-order valence-electron chi connectivity index (χ3n) is 5.31. The lowest BCUT2D eigenvalue weighted by Crippen LogP contribution is -2.21. The fourth-order valence-corrected chi connectivity index (χ4v) is 3.99. The monoisotopic (exact) mass is 359 g/mol. The summed E-state index contributed by atoms with van der Waals surface area (Å²) in [7, 11) is 3.54.